The predicted molar refractivity (Wildman–Crippen MR) is 112 cm³/mol. The number of carbonyl (C=O) groups is 2. The topological polar surface area (TPSA) is 59.1 Å². The summed E-state index contributed by atoms with van der Waals surface area (Å²) in [6.07, 6.45) is 0. The Labute approximate surface area is 174 Å². The number of carbonyl (C=O) groups excluding carboxylic acids is 2. The molecule has 0 radical (unpaired) electrons. The fourth-order valence-electron chi connectivity index (χ4n) is 2.85. The van der Waals surface area contributed by atoms with Crippen LogP contribution in [0.5, 0.6) is 0 Å². The zero-order valence-corrected chi connectivity index (χ0v) is 16.2. The van der Waals surface area contributed by atoms with Gasteiger partial charge >= 0.3 is 0 Å². The number of aromatic nitrogens is 1. The van der Waals surface area contributed by atoms with Crippen LogP contribution in [0.3, 0.4) is 0 Å². The predicted octanol–water partition coefficient (Wildman–Crippen LogP) is 5.57. The number of ketones is 1. The molecule has 0 aliphatic heterocycles. The van der Waals surface area contributed by atoms with E-state index >= 15 is 0 Å². The van der Waals surface area contributed by atoms with E-state index in [2.05, 4.69) is 10.3 Å². The molecule has 4 nitrogen and oxygen atoms in total. The monoisotopic (exact) mass is 420 g/mol. The zero-order chi connectivity index (χ0) is 21.1. The summed E-state index contributed by atoms with van der Waals surface area (Å²) >= 11 is 1.13. The molecule has 0 bridgehead atoms. The summed E-state index contributed by atoms with van der Waals surface area (Å²) in [7, 11) is 0. The molecule has 0 fully saturated rings. The molecule has 1 aromatic heterocycles. The maximum Gasteiger partial charge on any atom is 0.257 e. The first kappa shape index (κ1) is 19.6. The van der Waals surface area contributed by atoms with E-state index in [1.54, 1.807) is 53.9 Å². The van der Waals surface area contributed by atoms with Crippen molar-refractivity contribution in [1.82, 2.24) is 4.98 Å². The van der Waals surface area contributed by atoms with Crippen molar-refractivity contribution in [3.63, 3.8) is 0 Å². The lowest BCUT2D eigenvalue weighted by Crippen LogP contribution is -2.12. The third kappa shape index (κ3) is 4.16. The van der Waals surface area contributed by atoms with Crippen molar-refractivity contribution in [2.24, 2.45) is 0 Å². The van der Waals surface area contributed by atoms with E-state index in [0.29, 0.717) is 22.4 Å². The second-order valence-electron chi connectivity index (χ2n) is 6.39. The lowest BCUT2D eigenvalue weighted by molar-refractivity contribution is 0.102. The highest BCUT2D eigenvalue weighted by molar-refractivity contribution is 7.14. The summed E-state index contributed by atoms with van der Waals surface area (Å²) in [5.41, 5.74) is 1.84. The van der Waals surface area contributed by atoms with Gasteiger partial charge in [0.05, 0.1) is 5.69 Å². The van der Waals surface area contributed by atoms with Gasteiger partial charge in [-0.05, 0) is 24.3 Å². The van der Waals surface area contributed by atoms with Crippen LogP contribution in [0.2, 0.25) is 0 Å². The summed E-state index contributed by atoms with van der Waals surface area (Å²) < 4.78 is 27.0. The molecule has 1 heterocycles. The van der Waals surface area contributed by atoms with Crippen molar-refractivity contribution in [3.05, 3.63) is 107 Å². The minimum Gasteiger partial charge on any atom is -0.298 e. The molecule has 4 aromatic rings. The smallest absolute Gasteiger partial charge is 0.257 e. The third-order valence-corrected chi connectivity index (χ3v) is 5.13. The van der Waals surface area contributed by atoms with Gasteiger partial charge in [0.1, 0.15) is 11.6 Å². The normalized spacial score (nSPS) is 10.6. The zero-order valence-electron chi connectivity index (χ0n) is 15.4. The van der Waals surface area contributed by atoms with Gasteiger partial charge in [0.2, 0.25) is 0 Å². The molecule has 0 saturated heterocycles. The van der Waals surface area contributed by atoms with E-state index in [4.69, 9.17) is 0 Å². The third-order valence-electron chi connectivity index (χ3n) is 4.38. The number of nitrogens with one attached hydrogen (secondary N) is 1. The van der Waals surface area contributed by atoms with Crippen LogP contribution in [0.1, 0.15) is 26.3 Å². The highest BCUT2D eigenvalue weighted by atomic mass is 32.1. The highest BCUT2D eigenvalue weighted by Gasteiger charge is 2.14. The number of halogens is 2. The molecular formula is C23H14F2N2O2S. The van der Waals surface area contributed by atoms with Crippen LogP contribution >= 0.6 is 11.3 Å². The van der Waals surface area contributed by atoms with Gasteiger partial charge in [-0.15, -0.1) is 11.3 Å². The average Bonchev–Trinajstić information content (AvgIpc) is 3.22. The van der Waals surface area contributed by atoms with Gasteiger partial charge in [-0.1, -0.05) is 42.5 Å². The SMILES string of the molecule is O=C(Nc1nc(-c2ccc(F)cc2F)cs1)c1ccc(C(=O)c2ccccc2)cc1. The van der Waals surface area contributed by atoms with Gasteiger partial charge in [-0.2, -0.15) is 0 Å². The molecule has 0 atom stereocenters. The van der Waals surface area contributed by atoms with E-state index in [9.17, 15) is 18.4 Å². The van der Waals surface area contributed by atoms with Gasteiger partial charge in [0, 0.05) is 33.7 Å². The fourth-order valence-corrected chi connectivity index (χ4v) is 3.56. The van der Waals surface area contributed by atoms with E-state index in [1.165, 1.54) is 6.07 Å². The van der Waals surface area contributed by atoms with Crippen molar-refractivity contribution in [2.75, 3.05) is 5.32 Å². The maximum atomic E-state index is 13.9. The number of hydrogen-bond donors (Lipinski definition) is 1. The van der Waals surface area contributed by atoms with Crippen LogP contribution in [0.25, 0.3) is 11.3 Å². The minimum absolute atomic E-state index is 0.131. The average molecular weight is 420 g/mol. The number of anilines is 1. The second-order valence-corrected chi connectivity index (χ2v) is 7.25. The van der Waals surface area contributed by atoms with Crippen molar-refractivity contribution in [3.8, 4) is 11.3 Å². The Morgan fingerprint density at radius 1 is 0.833 bits per heavy atom. The molecule has 0 unspecified atom stereocenters. The molecule has 1 amide bonds. The Hall–Kier alpha value is -3.71. The van der Waals surface area contributed by atoms with E-state index in [-0.39, 0.29) is 16.5 Å². The summed E-state index contributed by atoms with van der Waals surface area (Å²) in [6, 6.07) is 18.4. The van der Waals surface area contributed by atoms with E-state index in [1.807, 2.05) is 6.07 Å². The lowest BCUT2D eigenvalue weighted by atomic mass is 10.0. The number of rotatable bonds is 5. The standard InChI is InChI=1S/C23H14F2N2O2S/c24-17-10-11-18(19(25)12-17)20-13-30-23(26-20)27-22(29)16-8-6-15(7-9-16)21(28)14-4-2-1-3-5-14/h1-13H,(H,26,27,29). The molecule has 0 aliphatic rings. The Kier molecular flexibility index (Phi) is 5.45. The number of nitrogens with zero attached hydrogens (tertiary/aromatic N) is 1. The molecule has 4 rings (SSSR count). The number of thiazole rings is 1. The van der Waals surface area contributed by atoms with Crippen LogP contribution in [0.15, 0.2) is 78.2 Å². The largest absolute Gasteiger partial charge is 0.298 e. The van der Waals surface area contributed by atoms with Crippen molar-refractivity contribution < 1.29 is 18.4 Å². The lowest BCUT2D eigenvalue weighted by Gasteiger charge is -2.04. The van der Waals surface area contributed by atoms with Gasteiger partial charge in [-0.3, -0.25) is 14.9 Å². The van der Waals surface area contributed by atoms with Gasteiger partial charge < -0.3 is 0 Å². The first-order valence-electron chi connectivity index (χ1n) is 8.93. The Balaban J connectivity index is 1.47. The second kappa shape index (κ2) is 8.34. The minimum atomic E-state index is -0.725. The summed E-state index contributed by atoms with van der Waals surface area (Å²) in [4.78, 5) is 29.1. The van der Waals surface area contributed by atoms with Crippen LogP contribution in [-0.4, -0.2) is 16.7 Å². The summed E-state index contributed by atoms with van der Waals surface area (Å²) in [5, 5.41) is 4.50. The Morgan fingerprint density at radius 3 is 2.20 bits per heavy atom. The Bertz CT molecular complexity index is 1220. The molecule has 0 saturated carbocycles. The molecular weight excluding hydrogens is 406 g/mol. The van der Waals surface area contributed by atoms with Crippen molar-refractivity contribution >= 4 is 28.2 Å². The maximum absolute atomic E-state index is 13.9. The fraction of sp³-hybridized carbons (Fsp3) is 0. The molecule has 1 N–H and O–H groups in total. The summed E-state index contributed by atoms with van der Waals surface area (Å²) in [5.74, 6) is -1.94. The highest BCUT2D eigenvalue weighted by Crippen LogP contribution is 2.27. The van der Waals surface area contributed by atoms with Crippen molar-refractivity contribution in [1.29, 1.82) is 0 Å². The van der Waals surface area contributed by atoms with E-state index in [0.717, 1.165) is 23.5 Å². The molecule has 0 aliphatic carbocycles. The van der Waals surface area contributed by atoms with Crippen molar-refractivity contribution in [2.45, 2.75) is 0 Å². The quantitative estimate of drug-likeness (QED) is 0.429. The molecule has 0 spiro atoms. The van der Waals surface area contributed by atoms with Crippen LogP contribution < -0.4 is 5.32 Å². The van der Waals surface area contributed by atoms with Crippen LogP contribution in [0, 0.1) is 11.6 Å². The number of hydrogen-bond acceptors (Lipinski definition) is 4. The Morgan fingerprint density at radius 2 is 1.50 bits per heavy atom. The number of benzene rings is 3. The molecule has 7 heteroatoms. The summed E-state index contributed by atoms with van der Waals surface area (Å²) in [6.45, 7) is 0. The molecule has 148 valence electrons. The first-order chi connectivity index (χ1) is 14.5. The van der Waals surface area contributed by atoms with Crippen LogP contribution in [0.4, 0.5) is 13.9 Å². The van der Waals surface area contributed by atoms with Gasteiger partial charge in [0.15, 0.2) is 10.9 Å². The van der Waals surface area contributed by atoms with Crippen LogP contribution in [-0.2, 0) is 0 Å². The van der Waals surface area contributed by atoms with E-state index < -0.39 is 17.5 Å². The first-order valence-corrected chi connectivity index (χ1v) is 9.81. The van der Waals surface area contributed by atoms with Gasteiger partial charge in [0.25, 0.3) is 5.91 Å². The van der Waals surface area contributed by atoms with Gasteiger partial charge in [-0.25, -0.2) is 13.8 Å². The number of amides is 1. The molecule has 30 heavy (non-hydrogen) atoms. The molecule has 3 aromatic carbocycles.